The first-order chi connectivity index (χ1) is 6.19. The van der Waals surface area contributed by atoms with Crippen LogP contribution in [0.4, 0.5) is 5.82 Å². The maximum absolute atomic E-state index is 4.37. The van der Waals surface area contributed by atoms with Crippen LogP contribution >= 0.6 is 0 Å². The van der Waals surface area contributed by atoms with Gasteiger partial charge in [0, 0.05) is 24.7 Å². The molecule has 1 aromatic rings. The smallest absolute Gasteiger partial charge is 0.136 e. The van der Waals surface area contributed by atoms with Gasteiger partial charge in [-0.15, -0.1) is 0 Å². The summed E-state index contributed by atoms with van der Waals surface area (Å²) in [7, 11) is 1.85. The molecule has 0 fully saturated rings. The van der Waals surface area contributed by atoms with Crippen LogP contribution in [0, 0.1) is 0 Å². The van der Waals surface area contributed by atoms with Gasteiger partial charge in [-0.2, -0.15) is 0 Å². The molecule has 1 rings (SSSR count). The monoisotopic (exact) mass is 177 g/mol. The van der Waals surface area contributed by atoms with Crippen LogP contribution in [-0.2, 0) is 0 Å². The van der Waals surface area contributed by atoms with Crippen LogP contribution < -0.4 is 5.32 Å². The SMILES string of the molecule is C=Cc1cnc(C(C)C)nc1NC. The lowest BCUT2D eigenvalue weighted by atomic mass is 10.2. The summed E-state index contributed by atoms with van der Waals surface area (Å²) in [6.45, 7) is 7.84. The van der Waals surface area contributed by atoms with Crippen LogP contribution in [0.1, 0.15) is 31.2 Å². The molecule has 1 aromatic heterocycles. The molecule has 0 atom stereocenters. The van der Waals surface area contributed by atoms with Crippen LogP contribution in [0.15, 0.2) is 12.8 Å². The molecule has 3 nitrogen and oxygen atoms in total. The summed E-state index contributed by atoms with van der Waals surface area (Å²) in [4.78, 5) is 8.60. The van der Waals surface area contributed by atoms with Gasteiger partial charge in [-0.1, -0.05) is 26.5 Å². The normalized spacial score (nSPS) is 10.2. The van der Waals surface area contributed by atoms with Crippen molar-refractivity contribution in [3.05, 3.63) is 24.2 Å². The van der Waals surface area contributed by atoms with Crippen molar-refractivity contribution in [3.63, 3.8) is 0 Å². The first-order valence-electron chi connectivity index (χ1n) is 4.36. The summed E-state index contributed by atoms with van der Waals surface area (Å²) >= 11 is 0. The van der Waals surface area contributed by atoms with Crippen molar-refractivity contribution >= 4 is 11.9 Å². The fourth-order valence-electron chi connectivity index (χ4n) is 1.03. The molecule has 13 heavy (non-hydrogen) atoms. The highest BCUT2D eigenvalue weighted by Gasteiger charge is 2.05. The minimum absolute atomic E-state index is 0.353. The van der Waals surface area contributed by atoms with E-state index in [0.29, 0.717) is 5.92 Å². The molecular formula is C10H15N3. The van der Waals surface area contributed by atoms with Crippen molar-refractivity contribution in [3.8, 4) is 0 Å². The molecule has 0 aliphatic carbocycles. The van der Waals surface area contributed by atoms with Gasteiger partial charge in [0.15, 0.2) is 0 Å². The molecule has 0 bridgehead atoms. The van der Waals surface area contributed by atoms with Gasteiger partial charge in [0.1, 0.15) is 11.6 Å². The first kappa shape index (κ1) is 9.71. The third kappa shape index (κ3) is 2.05. The van der Waals surface area contributed by atoms with E-state index in [2.05, 4.69) is 35.7 Å². The minimum atomic E-state index is 0.353. The predicted molar refractivity (Wildman–Crippen MR) is 55.8 cm³/mol. The van der Waals surface area contributed by atoms with E-state index in [9.17, 15) is 0 Å². The molecule has 0 amide bonds. The lowest BCUT2D eigenvalue weighted by molar-refractivity contribution is 0.775. The highest BCUT2D eigenvalue weighted by Crippen LogP contribution is 2.16. The van der Waals surface area contributed by atoms with E-state index in [4.69, 9.17) is 0 Å². The van der Waals surface area contributed by atoms with E-state index >= 15 is 0 Å². The van der Waals surface area contributed by atoms with E-state index in [1.807, 2.05) is 7.05 Å². The van der Waals surface area contributed by atoms with Crippen LogP contribution in [0.3, 0.4) is 0 Å². The Labute approximate surface area is 78.9 Å². The number of nitrogens with zero attached hydrogens (tertiary/aromatic N) is 2. The molecule has 70 valence electrons. The van der Waals surface area contributed by atoms with Crippen LogP contribution in [-0.4, -0.2) is 17.0 Å². The van der Waals surface area contributed by atoms with Crippen LogP contribution in [0.25, 0.3) is 6.08 Å². The van der Waals surface area contributed by atoms with Crippen LogP contribution in [0.5, 0.6) is 0 Å². The Bertz CT molecular complexity index is 305. The zero-order valence-electron chi connectivity index (χ0n) is 8.33. The molecular weight excluding hydrogens is 162 g/mol. The van der Waals surface area contributed by atoms with E-state index < -0.39 is 0 Å². The van der Waals surface area contributed by atoms with E-state index in [0.717, 1.165) is 17.2 Å². The largest absolute Gasteiger partial charge is 0.373 e. The summed E-state index contributed by atoms with van der Waals surface area (Å²) in [5.74, 6) is 2.05. The van der Waals surface area contributed by atoms with Gasteiger partial charge < -0.3 is 5.32 Å². The van der Waals surface area contributed by atoms with Gasteiger partial charge >= 0.3 is 0 Å². The van der Waals surface area contributed by atoms with Crippen molar-refractivity contribution in [2.75, 3.05) is 12.4 Å². The standard InChI is InChI=1S/C10H15N3/c1-5-8-6-12-9(7(2)3)13-10(8)11-4/h5-7H,1H2,2-4H3,(H,11,12,13). The second-order valence-electron chi connectivity index (χ2n) is 3.14. The Morgan fingerprint density at radius 2 is 2.23 bits per heavy atom. The Morgan fingerprint density at radius 3 is 2.69 bits per heavy atom. The van der Waals surface area contributed by atoms with Crippen molar-refractivity contribution in [1.82, 2.24) is 9.97 Å². The molecule has 1 N–H and O–H groups in total. The van der Waals surface area contributed by atoms with E-state index in [1.165, 1.54) is 0 Å². The van der Waals surface area contributed by atoms with Gasteiger partial charge in [0.2, 0.25) is 0 Å². The molecule has 0 spiro atoms. The number of nitrogens with one attached hydrogen (secondary N) is 1. The Kier molecular flexibility index (Phi) is 3.01. The van der Waals surface area contributed by atoms with E-state index in [-0.39, 0.29) is 0 Å². The number of rotatable bonds is 3. The quantitative estimate of drug-likeness (QED) is 0.769. The van der Waals surface area contributed by atoms with E-state index in [1.54, 1.807) is 12.3 Å². The summed E-state index contributed by atoms with van der Waals surface area (Å²) in [6, 6.07) is 0. The maximum atomic E-state index is 4.37. The third-order valence-electron chi connectivity index (χ3n) is 1.81. The molecule has 3 heteroatoms. The van der Waals surface area contributed by atoms with Gasteiger partial charge in [-0.05, 0) is 0 Å². The number of anilines is 1. The number of hydrogen-bond acceptors (Lipinski definition) is 3. The molecule has 0 unspecified atom stereocenters. The van der Waals surface area contributed by atoms with Crippen molar-refractivity contribution in [2.45, 2.75) is 19.8 Å². The Morgan fingerprint density at radius 1 is 1.54 bits per heavy atom. The molecule has 0 aliphatic heterocycles. The Hall–Kier alpha value is -1.38. The number of hydrogen-bond donors (Lipinski definition) is 1. The van der Waals surface area contributed by atoms with Gasteiger partial charge in [-0.3, -0.25) is 0 Å². The van der Waals surface area contributed by atoms with Crippen molar-refractivity contribution in [1.29, 1.82) is 0 Å². The molecule has 0 aliphatic rings. The summed E-state index contributed by atoms with van der Waals surface area (Å²) in [5.41, 5.74) is 0.937. The number of aromatic nitrogens is 2. The van der Waals surface area contributed by atoms with Gasteiger partial charge in [-0.25, -0.2) is 9.97 Å². The summed E-state index contributed by atoms with van der Waals surface area (Å²) in [5, 5.41) is 3.02. The highest BCUT2D eigenvalue weighted by molar-refractivity contribution is 5.60. The molecule has 0 saturated carbocycles. The lowest BCUT2D eigenvalue weighted by Gasteiger charge is -2.08. The van der Waals surface area contributed by atoms with Gasteiger partial charge in [0.05, 0.1) is 0 Å². The van der Waals surface area contributed by atoms with Crippen LogP contribution in [0.2, 0.25) is 0 Å². The van der Waals surface area contributed by atoms with Gasteiger partial charge in [0.25, 0.3) is 0 Å². The fraction of sp³-hybridized carbons (Fsp3) is 0.400. The third-order valence-corrected chi connectivity index (χ3v) is 1.81. The molecule has 0 aromatic carbocycles. The fourth-order valence-corrected chi connectivity index (χ4v) is 1.03. The maximum Gasteiger partial charge on any atom is 0.136 e. The minimum Gasteiger partial charge on any atom is -0.373 e. The molecule has 0 saturated heterocycles. The molecule has 1 heterocycles. The highest BCUT2D eigenvalue weighted by atomic mass is 15.0. The average Bonchev–Trinajstić information content (AvgIpc) is 2.16. The predicted octanol–water partition coefficient (Wildman–Crippen LogP) is 2.28. The van der Waals surface area contributed by atoms with Crippen molar-refractivity contribution < 1.29 is 0 Å². The average molecular weight is 177 g/mol. The van der Waals surface area contributed by atoms with Crippen molar-refractivity contribution in [2.24, 2.45) is 0 Å². The first-order valence-corrected chi connectivity index (χ1v) is 4.36. The lowest BCUT2D eigenvalue weighted by Crippen LogP contribution is -2.03. The second-order valence-corrected chi connectivity index (χ2v) is 3.14. The summed E-state index contributed by atoms with van der Waals surface area (Å²) < 4.78 is 0. The zero-order valence-corrected chi connectivity index (χ0v) is 8.33. The topological polar surface area (TPSA) is 37.8 Å². The molecule has 0 radical (unpaired) electrons. The summed E-state index contributed by atoms with van der Waals surface area (Å²) in [6.07, 6.45) is 3.54. The zero-order chi connectivity index (χ0) is 9.84. The second kappa shape index (κ2) is 4.03. The Balaban J connectivity index is 3.12.